The second-order valence-corrected chi connectivity index (χ2v) is 14.4. The minimum atomic E-state index is -0.394. The summed E-state index contributed by atoms with van der Waals surface area (Å²) in [6.07, 6.45) is 4.10. The van der Waals surface area contributed by atoms with Gasteiger partial charge in [-0.25, -0.2) is 9.55 Å². The van der Waals surface area contributed by atoms with Crippen molar-refractivity contribution in [3.63, 3.8) is 0 Å². The van der Waals surface area contributed by atoms with Crippen LogP contribution in [0.5, 0.6) is 0 Å². The van der Waals surface area contributed by atoms with Crippen molar-refractivity contribution in [2.45, 2.75) is 39.0 Å². The molecule has 0 N–H and O–H groups in total. The van der Waals surface area contributed by atoms with Gasteiger partial charge in [-0.15, -0.1) is 23.1 Å². The topological polar surface area (TPSA) is 27.7 Å². The summed E-state index contributed by atoms with van der Waals surface area (Å²) in [5.41, 5.74) is 12.1. The molecule has 0 aliphatic carbocycles. The second kappa shape index (κ2) is 13.8. The molecule has 0 radical (unpaired) electrons. The first kappa shape index (κ1) is 34.5. The molecule has 0 fully saturated rings. The first-order valence-electron chi connectivity index (χ1n) is 18.0. The van der Waals surface area contributed by atoms with Gasteiger partial charge >= 0.3 is 0 Å². The number of pyridine rings is 1. The largest absolute Gasteiger partial charge is 0.319 e. The molecule has 0 atom stereocenters. The third-order valence-corrected chi connectivity index (χ3v) is 10.5. The van der Waals surface area contributed by atoms with Crippen molar-refractivity contribution in [1.29, 1.82) is 0 Å². The Labute approximate surface area is 325 Å². The van der Waals surface area contributed by atoms with Crippen molar-refractivity contribution in [2.75, 3.05) is 0 Å². The van der Waals surface area contributed by atoms with Gasteiger partial charge in [0.2, 0.25) is 0 Å². The van der Waals surface area contributed by atoms with Gasteiger partial charge in [0.25, 0.3) is 0 Å². The van der Waals surface area contributed by atoms with E-state index in [1.54, 1.807) is 0 Å². The van der Waals surface area contributed by atoms with E-state index in [0.29, 0.717) is 5.92 Å². The van der Waals surface area contributed by atoms with Crippen molar-refractivity contribution in [2.24, 2.45) is 0 Å². The van der Waals surface area contributed by atoms with E-state index in [2.05, 4.69) is 205 Å². The van der Waals surface area contributed by atoms with E-state index in [0.717, 1.165) is 61.3 Å². The minimum Gasteiger partial charge on any atom is -0.319 e. The van der Waals surface area contributed by atoms with Gasteiger partial charge in [-0.2, -0.15) is 40.5 Å². The van der Waals surface area contributed by atoms with Crippen LogP contribution in [0.25, 0.3) is 61.2 Å². The van der Waals surface area contributed by atoms with Crippen LogP contribution in [0.4, 0.5) is 0 Å². The van der Waals surface area contributed by atoms with Crippen molar-refractivity contribution in [3.8, 4) is 28.3 Å². The standard InChI is InChI=1S/C48H39N4.Pt/c1-33(2)39-19-8-9-20-40(39)34-27-28-49-47(29-34)52-43-22-11-10-21-41(43)42-26-25-36(31-46(42)52)48(3,4)35-15-14-18-38(30-35)51-32-50(37-16-6-5-7-17-37)44-23-12-13-24-45(44)51;/h5-29,32-33H,1-4H3;/q-1;. The van der Waals surface area contributed by atoms with Crippen LogP contribution >= 0.6 is 0 Å². The van der Waals surface area contributed by atoms with Crippen molar-refractivity contribution in [3.05, 3.63) is 187 Å². The van der Waals surface area contributed by atoms with Crippen LogP contribution < -0.4 is 0 Å². The smallest absolute Gasteiger partial charge is 0.168 e. The molecule has 6 aromatic carbocycles. The molecule has 262 valence electrons. The molecule has 0 spiro atoms. The Kier molecular flexibility index (Phi) is 8.96. The second-order valence-electron chi connectivity index (χ2n) is 14.4. The predicted molar refractivity (Wildman–Crippen MR) is 215 cm³/mol. The molecule has 3 heterocycles. The Bertz CT molecular complexity index is 2750. The fourth-order valence-corrected chi connectivity index (χ4v) is 7.67. The number of imidazole rings is 1. The zero-order valence-corrected chi connectivity index (χ0v) is 32.5. The molecule has 5 heteroatoms. The molecule has 9 aromatic rings. The van der Waals surface area contributed by atoms with Gasteiger partial charge in [0.1, 0.15) is 11.5 Å². The molecule has 53 heavy (non-hydrogen) atoms. The fraction of sp³-hybridized carbons (Fsp3) is 0.125. The molecule has 0 bridgehead atoms. The molecule has 4 nitrogen and oxygen atoms in total. The summed E-state index contributed by atoms with van der Waals surface area (Å²) < 4.78 is 6.76. The van der Waals surface area contributed by atoms with Crippen LogP contribution in [0.1, 0.15) is 50.3 Å². The maximum Gasteiger partial charge on any atom is 0.168 e. The van der Waals surface area contributed by atoms with Crippen LogP contribution in [0.3, 0.4) is 0 Å². The van der Waals surface area contributed by atoms with Crippen molar-refractivity contribution >= 4 is 32.8 Å². The van der Waals surface area contributed by atoms with Gasteiger partial charge < -0.3 is 4.57 Å². The van der Waals surface area contributed by atoms with Gasteiger partial charge in [0, 0.05) is 50.6 Å². The van der Waals surface area contributed by atoms with Crippen LogP contribution in [-0.2, 0) is 26.5 Å². The summed E-state index contributed by atoms with van der Waals surface area (Å²) in [7, 11) is 0. The number of rotatable bonds is 7. The van der Waals surface area contributed by atoms with E-state index in [1.165, 1.54) is 16.5 Å². The summed E-state index contributed by atoms with van der Waals surface area (Å²) in [6, 6.07) is 59.4. The molecule has 0 saturated heterocycles. The summed E-state index contributed by atoms with van der Waals surface area (Å²) in [4.78, 5) is 4.96. The first-order valence-corrected chi connectivity index (χ1v) is 18.0. The predicted octanol–water partition coefficient (Wildman–Crippen LogP) is 11.9. The SMILES string of the molecule is CC(C)c1ccccc1-c1ccnc(-n2c3[c-]c(C(C)(C)c4[c-]c(-n5[cH+]n(-c6ccccc6)c6ccccc65)ccc4)ccc3c3ccccc32)c1.[Pt]. The fourth-order valence-electron chi connectivity index (χ4n) is 7.67. The Hall–Kier alpha value is -5.57. The average Bonchev–Trinajstić information content (AvgIpc) is 3.74. The van der Waals surface area contributed by atoms with Crippen molar-refractivity contribution in [1.82, 2.24) is 18.7 Å². The van der Waals surface area contributed by atoms with E-state index >= 15 is 0 Å². The molecular weight excluding hydrogens is 828 g/mol. The summed E-state index contributed by atoms with van der Waals surface area (Å²) in [5, 5.41) is 2.35. The van der Waals surface area contributed by atoms with Crippen molar-refractivity contribution < 1.29 is 21.1 Å². The Morgan fingerprint density at radius 2 is 1.30 bits per heavy atom. The Balaban J connectivity index is 0.00000400. The van der Waals surface area contributed by atoms with Crippen LogP contribution in [0.15, 0.2) is 158 Å². The normalized spacial score (nSPS) is 11.8. The Morgan fingerprint density at radius 1 is 0.623 bits per heavy atom. The van der Waals surface area contributed by atoms with E-state index in [-0.39, 0.29) is 21.1 Å². The maximum atomic E-state index is 4.96. The number of nitrogens with zero attached hydrogens (tertiary/aromatic N) is 4. The third kappa shape index (κ3) is 5.92. The molecular formula is C48H39N4Pt-. The molecule has 3 aromatic heterocycles. The number of benzene rings is 6. The maximum absolute atomic E-state index is 4.96. The van der Waals surface area contributed by atoms with E-state index in [1.807, 2.05) is 6.20 Å². The van der Waals surface area contributed by atoms with E-state index in [4.69, 9.17) is 4.98 Å². The van der Waals surface area contributed by atoms with E-state index < -0.39 is 5.41 Å². The van der Waals surface area contributed by atoms with Gasteiger partial charge in [0.05, 0.1) is 0 Å². The molecule has 0 aliphatic heterocycles. The quantitative estimate of drug-likeness (QED) is 0.147. The number of aromatic nitrogens is 4. The average molecular weight is 867 g/mol. The monoisotopic (exact) mass is 866 g/mol. The van der Waals surface area contributed by atoms with Crippen LogP contribution in [-0.4, -0.2) is 18.7 Å². The molecule has 0 amide bonds. The summed E-state index contributed by atoms with van der Waals surface area (Å²) in [5.74, 6) is 1.30. The zero-order chi connectivity index (χ0) is 35.4. The van der Waals surface area contributed by atoms with Gasteiger partial charge in [-0.05, 0) is 63.7 Å². The minimum absolute atomic E-state index is 0. The number of fused-ring (bicyclic) bond motifs is 4. The number of hydrogen-bond donors (Lipinski definition) is 0. The molecule has 0 aliphatic rings. The van der Waals surface area contributed by atoms with Gasteiger partial charge in [-0.1, -0.05) is 106 Å². The Morgan fingerprint density at radius 3 is 2.09 bits per heavy atom. The van der Waals surface area contributed by atoms with Gasteiger partial charge in [0.15, 0.2) is 17.4 Å². The zero-order valence-electron chi connectivity index (χ0n) is 30.2. The van der Waals surface area contributed by atoms with E-state index in [9.17, 15) is 0 Å². The number of para-hydroxylation sites is 4. The molecule has 0 saturated carbocycles. The summed E-state index contributed by atoms with van der Waals surface area (Å²) in [6.45, 7) is 9.04. The van der Waals surface area contributed by atoms with Crippen LogP contribution in [0.2, 0.25) is 0 Å². The van der Waals surface area contributed by atoms with Gasteiger partial charge in [-0.3, -0.25) is 0 Å². The number of hydrogen-bond acceptors (Lipinski definition) is 1. The molecule has 0 unspecified atom stereocenters. The summed E-state index contributed by atoms with van der Waals surface area (Å²) >= 11 is 0. The van der Waals surface area contributed by atoms with Crippen LogP contribution in [0, 0.1) is 12.1 Å². The first-order chi connectivity index (χ1) is 25.4. The third-order valence-electron chi connectivity index (χ3n) is 10.5. The molecule has 9 rings (SSSR count).